The Morgan fingerprint density at radius 1 is 1.33 bits per heavy atom. The monoisotopic (exact) mass is 172 g/mol. The van der Waals surface area contributed by atoms with Crippen LogP contribution in [0.25, 0.3) is 0 Å². The predicted molar refractivity (Wildman–Crippen MR) is 49.0 cm³/mol. The zero-order valence-electron chi connectivity index (χ0n) is 8.34. The Bertz CT molecular complexity index is 137. The molecule has 1 rings (SSSR count). The fraction of sp³-hybridized carbons (Fsp3) is 1.00. The SMILES string of the molecule is CC(C)(C)C1CCCOCC1O. The van der Waals surface area contributed by atoms with Crippen molar-refractivity contribution in [2.45, 2.75) is 39.7 Å². The van der Waals surface area contributed by atoms with Crippen LogP contribution in [0, 0.1) is 11.3 Å². The van der Waals surface area contributed by atoms with Gasteiger partial charge in [-0.15, -0.1) is 0 Å². The highest BCUT2D eigenvalue weighted by Crippen LogP contribution is 2.33. The van der Waals surface area contributed by atoms with Crippen molar-refractivity contribution < 1.29 is 9.84 Å². The Hall–Kier alpha value is -0.0800. The lowest BCUT2D eigenvalue weighted by molar-refractivity contribution is -0.00490. The Labute approximate surface area is 74.9 Å². The van der Waals surface area contributed by atoms with Crippen LogP contribution in [0.15, 0.2) is 0 Å². The van der Waals surface area contributed by atoms with Gasteiger partial charge in [-0.05, 0) is 24.2 Å². The molecule has 2 nitrogen and oxygen atoms in total. The van der Waals surface area contributed by atoms with Gasteiger partial charge in [-0.2, -0.15) is 0 Å². The van der Waals surface area contributed by atoms with Crippen LogP contribution < -0.4 is 0 Å². The minimum Gasteiger partial charge on any atom is -0.390 e. The lowest BCUT2D eigenvalue weighted by Crippen LogP contribution is -2.33. The van der Waals surface area contributed by atoms with Gasteiger partial charge in [0.2, 0.25) is 0 Å². The molecule has 2 atom stereocenters. The van der Waals surface area contributed by atoms with Crippen LogP contribution in [-0.2, 0) is 4.74 Å². The van der Waals surface area contributed by atoms with Crippen molar-refractivity contribution >= 4 is 0 Å². The van der Waals surface area contributed by atoms with Crippen molar-refractivity contribution in [3.05, 3.63) is 0 Å². The van der Waals surface area contributed by atoms with E-state index in [2.05, 4.69) is 20.8 Å². The molecule has 0 spiro atoms. The molecule has 12 heavy (non-hydrogen) atoms. The number of hydrogen-bond donors (Lipinski definition) is 1. The molecule has 2 heteroatoms. The summed E-state index contributed by atoms with van der Waals surface area (Å²) < 4.78 is 5.28. The number of ether oxygens (including phenoxy) is 1. The molecule has 2 unspecified atom stereocenters. The van der Waals surface area contributed by atoms with E-state index in [9.17, 15) is 5.11 Å². The van der Waals surface area contributed by atoms with Crippen molar-refractivity contribution in [2.75, 3.05) is 13.2 Å². The highest BCUT2D eigenvalue weighted by molar-refractivity contribution is 4.81. The molecule has 0 radical (unpaired) electrons. The molecule has 0 bridgehead atoms. The number of rotatable bonds is 0. The van der Waals surface area contributed by atoms with Crippen molar-refractivity contribution in [3.63, 3.8) is 0 Å². The number of hydrogen-bond acceptors (Lipinski definition) is 2. The van der Waals surface area contributed by atoms with Gasteiger partial charge in [-0.25, -0.2) is 0 Å². The normalized spacial score (nSPS) is 33.0. The van der Waals surface area contributed by atoms with Crippen LogP contribution in [0.4, 0.5) is 0 Å². The largest absolute Gasteiger partial charge is 0.390 e. The number of aliphatic hydroxyl groups is 1. The van der Waals surface area contributed by atoms with E-state index in [1.54, 1.807) is 0 Å². The van der Waals surface area contributed by atoms with E-state index >= 15 is 0 Å². The Morgan fingerprint density at radius 3 is 2.58 bits per heavy atom. The van der Waals surface area contributed by atoms with Crippen LogP contribution in [0.1, 0.15) is 33.6 Å². The molecule has 0 amide bonds. The van der Waals surface area contributed by atoms with Gasteiger partial charge in [-0.3, -0.25) is 0 Å². The van der Waals surface area contributed by atoms with Crippen molar-refractivity contribution in [2.24, 2.45) is 11.3 Å². The summed E-state index contributed by atoms with van der Waals surface area (Å²) in [6, 6.07) is 0. The second-order valence-electron chi connectivity index (χ2n) is 4.76. The molecule has 1 aliphatic rings. The lowest BCUT2D eigenvalue weighted by atomic mass is 9.75. The van der Waals surface area contributed by atoms with E-state index in [1.807, 2.05) is 0 Å². The molecule has 1 heterocycles. The Kier molecular flexibility index (Phi) is 3.13. The van der Waals surface area contributed by atoms with Gasteiger partial charge in [0.1, 0.15) is 0 Å². The average molecular weight is 172 g/mol. The molecule has 1 aliphatic heterocycles. The van der Waals surface area contributed by atoms with E-state index in [-0.39, 0.29) is 11.5 Å². The highest BCUT2D eigenvalue weighted by atomic mass is 16.5. The second kappa shape index (κ2) is 3.75. The zero-order valence-corrected chi connectivity index (χ0v) is 8.34. The van der Waals surface area contributed by atoms with Gasteiger partial charge in [0.25, 0.3) is 0 Å². The molecule has 1 saturated heterocycles. The first-order valence-corrected chi connectivity index (χ1v) is 4.77. The summed E-state index contributed by atoms with van der Waals surface area (Å²) in [4.78, 5) is 0. The van der Waals surface area contributed by atoms with Crippen molar-refractivity contribution in [1.29, 1.82) is 0 Å². The van der Waals surface area contributed by atoms with Crippen molar-refractivity contribution in [3.8, 4) is 0 Å². The molecule has 0 aromatic rings. The van der Waals surface area contributed by atoms with Gasteiger partial charge in [0.05, 0.1) is 12.7 Å². The standard InChI is InChI=1S/C10H20O2/c1-10(2,3)8-5-4-6-12-7-9(8)11/h8-9,11H,4-7H2,1-3H3. The van der Waals surface area contributed by atoms with E-state index in [1.165, 1.54) is 0 Å². The molecular formula is C10H20O2. The first-order valence-electron chi connectivity index (χ1n) is 4.77. The highest BCUT2D eigenvalue weighted by Gasteiger charge is 2.32. The van der Waals surface area contributed by atoms with Gasteiger partial charge >= 0.3 is 0 Å². The third-order valence-corrected chi connectivity index (χ3v) is 2.67. The summed E-state index contributed by atoms with van der Waals surface area (Å²) in [6.45, 7) is 7.89. The summed E-state index contributed by atoms with van der Waals surface area (Å²) in [5, 5.41) is 9.76. The van der Waals surface area contributed by atoms with Crippen LogP contribution in [-0.4, -0.2) is 24.4 Å². The molecule has 0 aromatic heterocycles. The van der Waals surface area contributed by atoms with E-state index < -0.39 is 0 Å². The zero-order chi connectivity index (χ0) is 9.19. The molecule has 0 aromatic carbocycles. The topological polar surface area (TPSA) is 29.5 Å². The van der Waals surface area contributed by atoms with Crippen LogP contribution in [0.5, 0.6) is 0 Å². The molecule has 1 N–H and O–H groups in total. The smallest absolute Gasteiger partial charge is 0.0806 e. The maximum atomic E-state index is 9.76. The summed E-state index contributed by atoms with van der Waals surface area (Å²) >= 11 is 0. The molecule has 1 fully saturated rings. The first-order chi connectivity index (χ1) is 5.52. The van der Waals surface area contributed by atoms with Gasteiger partial charge < -0.3 is 9.84 Å². The van der Waals surface area contributed by atoms with Gasteiger partial charge in [0.15, 0.2) is 0 Å². The van der Waals surface area contributed by atoms with Crippen LogP contribution in [0.2, 0.25) is 0 Å². The molecule has 0 saturated carbocycles. The summed E-state index contributed by atoms with van der Waals surface area (Å²) in [5.41, 5.74) is 0.202. The molecular weight excluding hydrogens is 152 g/mol. The quantitative estimate of drug-likeness (QED) is 0.604. The fourth-order valence-corrected chi connectivity index (χ4v) is 1.93. The summed E-state index contributed by atoms with van der Waals surface area (Å²) in [5.74, 6) is 0.389. The number of aliphatic hydroxyl groups excluding tert-OH is 1. The molecule has 0 aliphatic carbocycles. The molecule has 72 valence electrons. The second-order valence-corrected chi connectivity index (χ2v) is 4.76. The minimum absolute atomic E-state index is 0.202. The van der Waals surface area contributed by atoms with Crippen LogP contribution in [0.3, 0.4) is 0 Å². The van der Waals surface area contributed by atoms with E-state index in [0.29, 0.717) is 12.5 Å². The first kappa shape index (κ1) is 10.0. The average Bonchev–Trinajstić information content (AvgIpc) is 2.11. The summed E-state index contributed by atoms with van der Waals surface area (Å²) in [7, 11) is 0. The predicted octanol–water partition coefficient (Wildman–Crippen LogP) is 1.82. The van der Waals surface area contributed by atoms with E-state index in [4.69, 9.17) is 4.74 Å². The third kappa shape index (κ3) is 2.46. The van der Waals surface area contributed by atoms with E-state index in [0.717, 1.165) is 19.4 Å². The van der Waals surface area contributed by atoms with Crippen molar-refractivity contribution in [1.82, 2.24) is 0 Å². The Morgan fingerprint density at radius 2 is 2.00 bits per heavy atom. The van der Waals surface area contributed by atoms with Gasteiger partial charge in [-0.1, -0.05) is 20.8 Å². The maximum absolute atomic E-state index is 9.76. The fourth-order valence-electron chi connectivity index (χ4n) is 1.93. The Balaban J connectivity index is 2.59. The maximum Gasteiger partial charge on any atom is 0.0806 e. The van der Waals surface area contributed by atoms with Crippen LogP contribution >= 0.6 is 0 Å². The summed E-state index contributed by atoms with van der Waals surface area (Å²) in [6.07, 6.45) is 1.90. The minimum atomic E-state index is -0.271. The van der Waals surface area contributed by atoms with Gasteiger partial charge in [0, 0.05) is 6.61 Å². The lowest BCUT2D eigenvalue weighted by Gasteiger charge is -2.32. The third-order valence-electron chi connectivity index (χ3n) is 2.67.